The Morgan fingerprint density at radius 2 is 1.75 bits per heavy atom. The van der Waals surface area contributed by atoms with Gasteiger partial charge in [0.2, 0.25) is 0 Å². The number of hydrogen-bond donors (Lipinski definition) is 2. The Morgan fingerprint density at radius 3 is 2.10 bits per heavy atom. The van der Waals surface area contributed by atoms with Crippen LogP contribution in [0.1, 0.15) is 19.4 Å². The van der Waals surface area contributed by atoms with E-state index in [9.17, 15) is 4.79 Å². The van der Waals surface area contributed by atoms with E-state index in [1.807, 2.05) is 68.4 Å². The van der Waals surface area contributed by atoms with Crippen LogP contribution < -0.4 is 5.32 Å². The number of carbonyl (C=O) groups is 1. The van der Waals surface area contributed by atoms with Gasteiger partial charge >= 0.3 is 23.0 Å². The van der Waals surface area contributed by atoms with E-state index >= 15 is 0 Å². The summed E-state index contributed by atoms with van der Waals surface area (Å²) in [5, 5.41) is 11.9. The van der Waals surface area contributed by atoms with Crippen molar-refractivity contribution in [1.82, 2.24) is 5.32 Å². The fourth-order valence-electron chi connectivity index (χ4n) is 1.69. The van der Waals surface area contributed by atoms with E-state index in [0.717, 1.165) is 5.56 Å². The molecule has 0 spiro atoms. The first-order valence-corrected chi connectivity index (χ1v) is 6.44. The smallest absolute Gasteiger partial charge is 0.480 e. The standard InChI is InChI=1S/C11H16NO2.C5H5.Fe/c1-8(2)10(11(13)14)12-7-9-5-3-4-6-9;1-2-4-5-3-1;/h3-6,8,10,12H,7H2,1-2H3,(H,13,14);1-5H;/q2*-1;+2/t10-;;/m0../s1. The molecule has 110 valence electrons. The van der Waals surface area contributed by atoms with Gasteiger partial charge in [0.1, 0.15) is 6.04 Å². The van der Waals surface area contributed by atoms with Gasteiger partial charge in [-0.05, 0) is 12.5 Å². The quantitative estimate of drug-likeness (QED) is 0.659. The van der Waals surface area contributed by atoms with Crippen LogP contribution in [0.2, 0.25) is 0 Å². The van der Waals surface area contributed by atoms with Crippen molar-refractivity contribution in [3.63, 3.8) is 0 Å². The van der Waals surface area contributed by atoms with E-state index in [0.29, 0.717) is 6.54 Å². The van der Waals surface area contributed by atoms with Crippen LogP contribution >= 0.6 is 0 Å². The number of rotatable bonds is 5. The van der Waals surface area contributed by atoms with Crippen molar-refractivity contribution in [3.05, 3.63) is 60.2 Å². The third-order valence-electron chi connectivity index (χ3n) is 2.75. The molecular weight excluding hydrogens is 294 g/mol. The van der Waals surface area contributed by atoms with Crippen LogP contribution in [0.4, 0.5) is 0 Å². The van der Waals surface area contributed by atoms with Gasteiger partial charge < -0.3 is 10.4 Å². The van der Waals surface area contributed by atoms with Crippen molar-refractivity contribution in [2.45, 2.75) is 26.4 Å². The topological polar surface area (TPSA) is 49.3 Å². The zero-order chi connectivity index (χ0) is 14.1. The predicted molar refractivity (Wildman–Crippen MR) is 77.2 cm³/mol. The molecule has 0 aliphatic rings. The number of hydrogen-bond acceptors (Lipinski definition) is 2. The van der Waals surface area contributed by atoms with Crippen LogP contribution in [-0.2, 0) is 28.4 Å². The van der Waals surface area contributed by atoms with Gasteiger partial charge in [0, 0.05) is 0 Å². The normalized spacial score (nSPS) is 11.2. The molecule has 0 aliphatic carbocycles. The van der Waals surface area contributed by atoms with Crippen LogP contribution in [0.25, 0.3) is 0 Å². The molecular formula is C16H21FeNO2. The molecule has 0 fully saturated rings. The van der Waals surface area contributed by atoms with Crippen molar-refractivity contribution in [2.24, 2.45) is 5.92 Å². The summed E-state index contributed by atoms with van der Waals surface area (Å²) in [6, 6.07) is 17.4. The van der Waals surface area contributed by atoms with E-state index in [1.165, 1.54) is 0 Å². The predicted octanol–water partition coefficient (Wildman–Crippen LogP) is 3.01. The molecule has 0 aromatic heterocycles. The Hall–Kier alpha value is -1.35. The molecule has 0 bridgehead atoms. The molecule has 0 amide bonds. The summed E-state index contributed by atoms with van der Waals surface area (Å²) in [4.78, 5) is 10.8. The maximum Gasteiger partial charge on any atom is 2.00 e. The Morgan fingerprint density at radius 1 is 1.20 bits per heavy atom. The van der Waals surface area contributed by atoms with Gasteiger partial charge in [0.05, 0.1) is 0 Å². The minimum Gasteiger partial charge on any atom is -0.480 e. The summed E-state index contributed by atoms with van der Waals surface area (Å²) in [6.07, 6.45) is 0. The van der Waals surface area contributed by atoms with Crippen LogP contribution in [0.5, 0.6) is 0 Å². The van der Waals surface area contributed by atoms with Gasteiger partial charge in [0.15, 0.2) is 0 Å². The Bertz CT molecular complexity index is 418. The molecule has 0 unspecified atom stereocenters. The largest absolute Gasteiger partial charge is 2.00 e. The molecule has 0 saturated heterocycles. The molecule has 2 aromatic carbocycles. The van der Waals surface area contributed by atoms with Crippen LogP contribution in [0, 0.1) is 5.92 Å². The van der Waals surface area contributed by atoms with E-state index < -0.39 is 12.0 Å². The molecule has 0 aliphatic heterocycles. The molecule has 2 N–H and O–H groups in total. The number of carboxylic acid groups (broad SMARTS) is 1. The van der Waals surface area contributed by atoms with Crippen molar-refractivity contribution in [2.75, 3.05) is 0 Å². The summed E-state index contributed by atoms with van der Waals surface area (Å²) in [5.74, 6) is -0.686. The molecule has 20 heavy (non-hydrogen) atoms. The zero-order valence-electron chi connectivity index (χ0n) is 11.8. The molecule has 0 heterocycles. The molecule has 2 rings (SSSR count). The van der Waals surface area contributed by atoms with Crippen LogP contribution in [-0.4, -0.2) is 17.1 Å². The average molecular weight is 315 g/mol. The number of nitrogens with one attached hydrogen (secondary N) is 1. The van der Waals surface area contributed by atoms with Crippen LogP contribution in [0.3, 0.4) is 0 Å². The molecule has 3 nitrogen and oxygen atoms in total. The van der Waals surface area contributed by atoms with Crippen molar-refractivity contribution >= 4 is 5.97 Å². The Labute approximate surface area is 131 Å². The van der Waals surface area contributed by atoms with Gasteiger partial charge in [-0.3, -0.25) is 4.79 Å². The van der Waals surface area contributed by atoms with Gasteiger partial charge in [0.25, 0.3) is 0 Å². The van der Waals surface area contributed by atoms with Gasteiger partial charge in [-0.1, -0.05) is 13.8 Å². The Kier molecular flexibility index (Phi) is 9.73. The molecule has 1 atom stereocenters. The summed E-state index contributed by atoms with van der Waals surface area (Å²) < 4.78 is 0. The van der Waals surface area contributed by atoms with Gasteiger partial charge in [-0.2, -0.15) is 30.3 Å². The van der Waals surface area contributed by atoms with Crippen molar-refractivity contribution in [3.8, 4) is 0 Å². The van der Waals surface area contributed by atoms with E-state index in [4.69, 9.17) is 5.11 Å². The zero-order valence-corrected chi connectivity index (χ0v) is 12.9. The summed E-state index contributed by atoms with van der Waals surface area (Å²) >= 11 is 0. The first-order valence-electron chi connectivity index (χ1n) is 6.44. The fourth-order valence-corrected chi connectivity index (χ4v) is 1.69. The maximum absolute atomic E-state index is 10.8. The third-order valence-corrected chi connectivity index (χ3v) is 2.75. The van der Waals surface area contributed by atoms with Gasteiger partial charge in [-0.15, -0.1) is 5.56 Å². The molecule has 0 radical (unpaired) electrons. The second-order valence-electron chi connectivity index (χ2n) is 4.70. The number of carboxylic acids is 1. The summed E-state index contributed by atoms with van der Waals surface area (Å²) in [7, 11) is 0. The van der Waals surface area contributed by atoms with E-state index in [2.05, 4.69) is 5.32 Å². The average Bonchev–Trinajstić information content (AvgIpc) is 3.04. The van der Waals surface area contributed by atoms with E-state index in [1.54, 1.807) is 0 Å². The molecule has 4 heteroatoms. The Balaban J connectivity index is 0.000000507. The summed E-state index contributed by atoms with van der Waals surface area (Å²) in [6.45, 7) is 4.41. The SMILES string of the molecule is CC(C)[C@H](NC[c-]1cccc1)C(=O)O.[Fe+2].c1cc[cH-]c1. The molecule has 0 saturated carbocycles. The second kappa shape index (κ2) is 10.4. The maximum atomic E-state index is 10.8. The third kappa shape index (κ3) is 7.29. The second-order valence-corrected chi connectivity index (χ2v) is 4.70. The molecule has 2 aromatic rings. The minimum absolute atomic E-state index is 0. The number of aliphatic carboxylic acids is 1. The first-order chi connectivity index (χ1) is 9.11. The fraction of sp³-hybridized carbons (Fsp3) is 0.312. The van der Waals surface area contributed by atoms with E-state index in [-0.39, 0.29) is 23.0 Å². The minimum atomic E-state index is -0.786. The van der Waals surface area contributed by atoms with Gasteiger partial charge in [-0.25, -0.2) is 24.3 Å². The first kappa shape index (κ1) is 18.6. The summed E-state index contributed by atoms with van der Waals surface area (Å²) in [5.41, 5.74) is 1.12. The van der Waals surface area contributed by atoms with Crippen LogP contribution in [0.15, 0.2) is 54.6 Å². The van der Waals surface area contributed by atoms with Crippen molar-refractivity contribution in [1.29, 1.82) is 0 Å². The monoisotopic (exact) mass is 315 g/mol. The van der Waals surface area contributed by atoms with Crippen molar-refractivity contribution < 1.29 is 27.0 Å².